The summed E-state index contributed by atoms with van der Waals surface area (Å²) in [5.41, 5.74) is -1.92. The van der Waals surface area contributed by atoms with Crippen molar-refractivity contribution >= 4 is 27.1 Å². The Balaban J connectivity index is 2.20. The molecule has 1 aliphatic heterocycles. The molecule has 0 saturated heterocycles. The lowest BCUT2D eigenvalue weighted by molar-refractivity contribution is -0.138. The van der Waals surface area contributed by atoms with Crippen molar-refractivity contribution in [3.8, 4) is 0 Å². The van der Waals surface area contributed by atoms with Crippen molar-refractivity contribution in [1.29, 1.82) is 0 Å². The van der Waals surface area contributed by atoms with Gasteiger partial charge in [0.25, 0.3) is 0 Å². The highest BCUT2D eigenvalue weighted by atomic mass is 32.2. The molecule has 0 bridgehead atoms. The fraction of sp³-hybridized carbons (Fsp3) is 0.167. The summed E-state index contributed by atoms with van der Waals surface area (Å²) in [7, 11) is -4.53. The van der Waals surface area contributed by atoms with E-state index in [4.69, 9.17) is 9.88 Å². The van der Waals surface area contributed by atoms with Gasteiger partial charge in [-0.1, -0.05) is 12.1 Å². The highest BCUT2D eigenvalue weighted by molar-refractivity contribution is 7.89. The smallest absolute Gasteiger partial charge is 0.416 e. The molecule has 0 atom stereocenters. The highest BCUT2D eigenvalue weighted by Gasteiger charge is 2.34. The van der Waals surface area contributed by atoms with Gasteiger partial charge in [-0.3, -0.25) is 0 Å². The van der Waals surface area contributed by atoms with E-state index in [0.29, 0.717) is 12.1 Å². The maximum absolute atomic E-state index is 14.5. The molecule has 1 aliphatic rings. The number of ether oxygens (including phenoxy) is 1. The van der Waals surface area contributed by atoms with Crippen molar-refractivity contribution in [2.45, 2.75) is 18.0 Å². The Morgan fingerprint density at radius 2 is 1.72 bits per heavy atom. The normalized spacial score (nSPS) is 15.1. The standard InChI is InChI=1S/C18H12F5NO4S/c1-8-4-9(2-3-12(8)18(21,22)23)16-11(7-28-17(16)25)10-5-14(20)15(6-13(10)19)29(24,26)27/h2-6H,7H2,1H3,(H2,24,26,27). The van der Waals surface area contributed by atoms with Gasteiger partial charge in [0.1, 0.15) is 23.1 Å². The first-order valence-corrected chi connectivity index (χ1v) is 9.46. The molecule has 154 valence electrons. The number of carbonyl (C=O) groups excluding carboxylic acids is 1. The van der Waals surface area contributed by atoms with E-state index in [-0.39, 0.29) is 22.3 Å². The van der Waals surface area contributed by atoms with E-state index in [9.17, 15) is 35.2 Å². The number of primary sulfonamides is 1. The fourth-order valence-electron chi connectivity index (χ4n) is 3.02. The molecule has 0 aliphatic carbocycles. The Morgan fingerprint density at radius 3 is 2.28 bits per heavy atom. The summed E-state index contributed by atoms with van der Waals surface area (Å²) in [6.07, 6.45) is -4.60. The van der Waals surface area contributed by atoms with Crippen LogP contribution in [0.5, 0.6) is 0 Å². The number of cyclic esters (lactones) is 1. The molecule has 3 rings (SSSR count). The summed E-state index contributed by atoms with van der Waals surface area (Å²) in [5, 5.41) is 4.82. The number of benzene rings is 2. The van der Waals surface area contributed by atoms with E-state index in [1.165, 1.54) is 6.92 Å². The molecule has 0 spiro atoms. The molecular formula is C18H12F5NO4S. The zero-order valence-electron chi connectivity index (χ0n) is 14.6. The van der Waals surface area contributed by atoms with Crippen LogP contribution in [0, 0.1) is 18.6 Å². The van der Waals surface area contributed by atoms with Crippen molar-refractivity contribution in [2.24, 2.45) is 5.14 Å². The van der Waals surface area contributed by atoms with E-state index >= 15 is 0 Å². The topological polar surface area (TPSA) is 86.5 Å². The summed E-state index contributed by atoms with van der Waals surface area (Å²) in [5.74, 6) is -3.47. The number of hydrogen-bond donors (Lipinski definition) is 1. The molecule has 0 fully saturated rings. The molecule has 0 aromatic heterocycles. The summed E-state index contributed by atoms with van der Waals surface area (Å²) >= 11 is 0. The van der Waals surface area contributed by atoms with Crippen molar-refractivity contribution in [3.05, 3.63) is 64.2 Å². The minimum absolute atomic E-state index is 0.0170. The third-order valence-corrected chi connectivity index (χ3v) is 5.25. The van der Waals surface area contributed by atoms with Crippen LogP contribution in [0.4, 0.5) is 22.0 Å². The van der Waals surface area contributed by atoms with Crippen LogP contribution in [0.15, 0.2) is 35.2 Å². The van der Waals surface area contributed by atoms with E-state index < -0.39 is 56.4 Å². The number of rotatable bonds is 3. The van der Waals surface area contributed by atoms with Crippen molar-refractivity contribution < 1.29 is 39.9 Å². The predicted molar refractivity (Wildman–Crippen MR) is 91.7 cm³/mol. The lowest BCUT2D eigenvalue weighted by Crippen LogP contribution is -2.15. The molecule has 1 heterocycles. The number of aryl methyl sites for hydroxylation is 1. The second-order valence-corrected chi connectivity index (χ2v) is 7.79. The molecule has 29 heavy (non-hydrogen) atoms. The Bertz CT molecular complexity index is 1170. The molecule has 0 unspecified atom stereocenters. The van der Waals surface area contributed by atoms with Crippen LogP contribution in [0.25, 0.3) is 11.1 Å². The van der Waals surface area contributed by atoms with Crippen LogP contribution in [0.3, 0.4) is 0 Å². The van der Waals surface area contributed by atoms with Crippen molar-refractivity contribution in [2.75, 3.05) is 6.61 Å². The second kappa shape index (κ2) is 6.92. The summed E-state index contributed by atoms with van der Waals surface area (Å²) in [6, 6.07) is 3.78. The SMILES string of the molecule is Cc1cc(C2=C(c3cc(F)c(S(N)(=O)=O)cc3F)COC2=O)ccc1C(F)(F)F. The maximum Gasteiger partial charge on any atom is 0.416 e. The third-order valence-electron chi connectivity index (χ3n) is 4.33. The fourth-order valence-corrected chi connectivity index (χ4v) is 3.62. The summed E-state index contributed by atoms with van der Waals surface area (Å²) in [6.45, 7) is 0.716. The maximum atomic E-state index is 14.5. The molecule has 11 heteroatoms. The van der Waals surface area contributed by atoms with E-state index in [1.807, 2.05) is 0 Å². The number of nitrogens with two attached hydrogens (primary N) is 1. The van der Waals surface area contributed by atoms with Crippen molar-refractivity contribution in [3.63, 3.8) is 0 Å². The van der Waals surface area contributed by atoms with Gasteiger partial charge >= 0.3 is 12.1 Å². The van der Waals surface area contributed by atoms with Crippen LogP contribution in [0.2, 0.25) is 0 Å². The first-order valence-electron chi connectivity index (χ1n) is 7.91. The first kappa shape index (κ1) is 20.9. The van der Waals surface area contributed by atoms with Gasteiger partial charge in [0, 0.05) is 11.1 Å². The number of sulfonamides is 1. The van der Waals surface area contributed by atoms with Gasteiger partial charge in [-0.25, -0.2) is 27.1 Å². The quantitative estimate of drug-likeness (QED) is 0.594. The largest absolute Gasteiger partial charge is 0.457 e. The molecule has 2 N–H and O–H groups in total. The molecule has 0 saturated carbocycles. The summed E-state index contributed by atoms with van der Waals surface area (Å²) < 4.78 is 95.0. The van der Waals surface area contributed by atoms with Crippen molar-refractivity contribution in [1.82, 2.24) is 0 Å². The highest BCUT2D eigenvalue weighted by Crippen LogP contribution is 2.38. The molecule has 0 amide bonds. The van der Waals surface area contributed by atoms with E-state index in [1.54, 1.807) is 0 Å². The molecular weight excluding hydrogens is 421 g/mol. The zero-order chi connectivity index (χ0) is 21.7. The van der Waals surface area contributed by atoms with Gasteiger partial charge in [-0.2, -0.15) is 13.2 Å². The number of carbonyl (C=O) groups is 1. The number of halogens is 5. The Labute approximate surface area is 161 Å². The minimum atomic E-state index is -4.60. The van der Waals surface area contributed by atoms with E-state index in [2.05, 4.69) is 0 Å². The minimum Gasteiger partial charge on any atom is -0.457 e. The molecule has 5 nitrogen and oxygen atoms in total. The van der Waals surface area contributed by atoms with Crippen LogP contribution >= 0.6 is 0 Å². The van der Waals surface area contributed by atoms with Gasteiger partial charge in [0.2, 0.25) is 10.0 Å². The van der Waals surface area contributed by atoms with Gasteiger partial charge in [-0.05, 0) is 36.2 Å². The van der Waals surface area contributed by atoms with Crippen LogP contribution < -0.4 is 5.14 Å². The van der Waals surface area contributed by atoms with Gasteiger partial charge in [0.15, 0.2) is 0 Å². The Kier molecular flexibility index (Phi) is 4.99. The van der Waals surface area contributed by atoms with Gasteiger partial charge in [-0.15, -0.1) is 0 Å². The summed E-state index contributed by atoms with van der Waals surface area (Å²) in [4.78, 5) is 11.1. The van der Waals surface area contributed by atoms with Crippen LogP contribution in [-0.4, -0.2) is 21.0 Å². The van der Waals surface area contributed by atoms with E-state index in [0.717, 1.165) is 18.2 Å². The number of hydrogen-bond acceptors (Lipinski definition) is 4. The number of alkyl halides is 3. The monoisotopic (exact) mass is 433 g/mol. The van der Waals surface area contributed by atoms with Gasteiger partial charge in [0.05, 0.1) is 11.1 Å². The van der Waals surface area contributed by atoms with Crippen LogP contribution in [0.1, 0.15) is 22.3 Å². The van der Waals surface area contributed by atoms with Gasteiger partial charge < -0.3 is 4.74 Å². The molecule has 2 aromatic rings. The first-order chi connectivity index (χ1) is 13.3. The zero-order valence-corrected chi connectivity index (χ0v) is 15.4. The molecule has 0 radical (unpaired) electrons. The number of esters is 1. The molecule has 2 aromatic carbocycles. The second-order valence-electron chi connectivity index (χ2n) is 6.26. The lowest BCUT2D eigenvalue weighted by atomic mass is 9.94. The predicted octanol–water partition coefficient (Wildman–Crippen LogP) is 3.41. The van der Waals surface area contributed by atoms with Crippen LogP contribution in [-0.2, 0) is 25.7 Å². The average molecular weight is 433 g/mol. The third kappa shape index (κ3) is 3.87. The Morgan fingerprint density at radius 1 is 1.07 bits per heavy atom. The average Bonchev–Trinajstić information content (AvgIpc) is 2.95. The lowest BCUT2D eigenvalue weighted by Gasteiger charge is -2.12. The Hall–Kier alpha value is -2.79.